The van der Waals surface area contributed by atoms with E-state index in [4.69, 9.17) is 0 Å². The van der Waals surface area contributed by atoms with Gasteiger partial charge in [0.25, 0.3) is 0 Å². The normalized spacial score (nSPS) is 20.0. The highest BCUT2D eigenvalue weighted by Crippen LogP contribution is 2.31. The highest BCUT2D eigenvalue weighted by molar-refractivity contribution is 7.89. The zero-order valence-electron chi connectivity index (χ0n) is 14.3. The number of amides is 1. The molecule has 24 heavy (non-hydrogen) atoms. The minimum Gasteiger partial charge on any atom is -0.317 e. The summed E-state index contributed by atoms with van der Waals surface area (Å²) in [5, 5.41) is 3.30. The van der Waals surface area contributed by atoms with E-state index in [9.17, 15) is 13.2 Å². The number of anilines is 1. The van der Waals surface area contributed by atoms with E-state index in [-0.39, 0.29) is 16.2 Å². The summed E-state index contributed by atoms with van der Waals surface area (Å²) in [5.74, 6) is -0.0570. The van der Waals surface area contributed by atoms with E-state index in [1.165, 1.54) is 6.92 Å². The fourth-order valence-electron chi connectivity index (χ4n) is 3.41. The third-order valence-corrected chi connectivity index (χ3v) is 6.54. The Bertz CT molecular complexity index is 739. The number of rotatable bonds is 4. The molecule has 6 nitrogen and oxygen atoms in total. The van der Waals surface area contributed by atoms with E-state index in [2.05, 4.69) is 17.0 Å². The molecule has 2 aliphatic heterocycles. The lowest BCUT2D eigenvalue weighted by atomic mass is 9.81. The molecular formula is C17H25N3O3S. The second-order valence-electron chi connectivity index (χ2n) is 7.10. The molecule has 3 rings (SSSR count). The first-order valence-corrected chi connectivity index (χ1v) is 9.91. The molecule has 0 unspecified atom stereocenters. The Kier molecular flexibility index (Phi) is 4.68. The van der Waals surface area contributed by atoms with E-state index in [1.807, 2.05) is 6.07 Å². The summed E-state index contributed by atoms with van der Waals surface area (Å²) in [5.41, 5.74) is 1.73. The topological polar surface area (TPSA) is 78.5 Å². The van der Waals surface area contributed by atoms with Crippen molar-refractivity contribution in [1.29, 1.82) is 0 Å². The first-order chi connectivity index (χ1) is 11.3. The fraction of sp³-hybridized carbons (Fsp3) is 0.588. The number of hydrogen-bond acceptors (Lipinski definition) is 4. The Hall–Kier alpha value is -1.44. The zero-order valence-corrected chi connectivity index (χ0v) is 15.1. The largest absolute Gasteiger partial charge is 0.317 e. The summed E-state index contributed by atoms with van der Waals surface area (Å²) < 4.78 is 28.1. The van der Waals surface area contributed by atoms with Crippen LogP contribution in [0.15, 0.2) is 23.1 Å². The molecule has 0 spiro atoms. The van der Waals surface area contributed by atoms with Crippen molar-refractivity contribution in [3.63, 3.8) is 0 Å². The molecule has 2 N–H and O–H groups in total. The van der Waals surface area contributed by atoms with Gasteiger partial charge in [0.2, 0.25) is 15.9 Å². The van der Waals surface area contributed by atoms with E-state index in [1.54, 1.807) is 17.0 Å². The van der Waals surface area contributed by atoms with Crippen molar-refractivity contribution in [2.75, 3.05) is 31.1 Å². The Morgan fingerprint density at radius 3 is 2.71 bits per heavy atom. The van der Waals surface area contributed by atoms with Crippen LogP contribution in [0.3, 0.4) is 0 Å². The molecule has 1 amide bonds. The Morgan fingerprint density at radius 2 is 2.04 bits per heavy atom. The number of nitrogens with zero attached hydrogens (tertiary/aromatic N) is 1. The maximum atomic E-state index is 12.7. The second kappa shape index (κ2) is 6.46. The molecule has 1 fully saturated rings. The van der Waals surface area contributed by atoms with Gasteiger partial charge in [0, 0.05) is 25.7 Å². The van der Waals surface area contributed by atoms with Crippen LogP contribution in [-0.4, -0.2) is 40.5 Å². The monoisotopic (exact) mass is 351 g/mol. The van der Waals surface area contributed by atoms with Gasteiger partial charge in [-0.25, -0.2) is 13.1 Å². The molecule has 0 bridgehead atoms. The van der Waals surface area contributed by atoms with Gasteiger partial charge in [-0.15, -0.1) is 0 Å². The lowest BCUT2D eigenvalue weighted by molar-refractivity contribution is -0.116. The van der Waals surface area contributed by atoms with Crippen LogP contribution in [0.5, 0.6) is 0 Å². The number of sulfonamides is 1. The number of carbonyl (C=O) groups is 1. The quantitative estimate of drug-likeness (QED) is 0.856. The third-order valence-electron chi connectivity index (χ3n) is 5.14. The van der Waals surface area contributed by atoms with Crippen molar-refractivity contribution in [2.45, 2.75) is 38.0 Å². The van der Waals surface area contributed by atoms with Crippen LogP contribution in [0.25, 0.3) is 0 Å². The number of piperidine rings is 1. The number of nitrogens with one attached hydrogen (secondary N) is 2. The van der Waals surface area contributed by atoms with Crippen molar-refractivity contribution < 1.29 is 13.2 Å². The molecule has 0 aromatic heterocycles. The van der Waals surface area contributed by atoms with Gasteiger partial charge >= 0.3 is 0 Å². The highest BCUT2D eigenvalue weighted by atomic mass is 32.2. The van der Waals surface area contributed by atoms with Crippen LogP contribution in [-0.2, 0) is 21.2 Å². The average molecular weight is 351 g/mol. The fourth-order valence-corrected chi connectivity index (χ4v) is 4.63. The van der Waals surface area contributed by atoms with Gasteiger partial charge in [0.05, 0.1) is 4.90 Å². The summed E-state index contributed by atoms with van der Waals surface area (Å²) in [6.07, 6.45) is 2.68. The number of benzene rings is 1. The van der Waals surface area contributed by atoms with Crippen molar-refractivity contribution in [3.05, 3.63) is 23.8 Å². The zero-order chi connectivity index (χ0) is 17.4. The molecule has 1 aromatic rings. The molecule has 0 saturated carbocycles. The molecule has 132 valence electrons. The highest BCUT2D eigenvalue weighted by Gasteiger charge is 2.30. The summed E-state index contributed by atoms with van der Waals surface area (Å²) >= 11 is 0. The number of fused-ring (bicyclic) bond motifs is 1. The molecule has 0 atom stereocenters. The maximum Gasteiger partial charge on any atom is 0.240 e. The molecule has 0 aliphatic carbocycles. The van der Waals surface area contributed by atoms with Crippen LogP contribution in [0.1, 0.15) is 32.3 Å². The van der Waals surface area contributed by atoms with E-state index >= 15 is 0 Å². The van der Waals surface area contributed by atoms with Gasteiger partial charge in [0.1, 0.15) is 0 Å². The molecule has 1 saturated heterocycles. The summed E-state index contributed by atoms with van der Waals surface area (Å²) in [4.78, 5) is 13.6. The lowest BCUT2D eigenvalue weighted by Crippen LogP contribution is -2.42. The SMILES string of the molecule is CC(=O)N1CCc2ccc(S(=O)(=O)NCC3(C)CCNCC3)cc21. The molecule has 7 heteroatoms. The van der Waals surface area contributed by atoms with E-state index < -0.39 is 10.0 Å². The van der Waals surface area contributed by atoms with Gasteiger partial charge in [-0.3, -0.25) is 4.79 Å². The molecule has 2 heterocycles. The van der Waals surface area contributed by atoms with Gasteiger partial charge < -0.3 is 10.2 Å². The van der Waals surface area contributed by atoms with E-state index in [0.29, 0.717) is 13.1 Å². The van der Waals surface area contributed by atoms with Gasteiger partial charge in [-0.2, -0.15) is 0 Å². The number of carbonyl (C=O) groups excluding carboxylic acids is 1. The van der Waals surface area contributed by atoms with Gasteiger partial charge in [0.15, 0.2) is 0 Å². The summed E-state index contributed by atoms with van der Waals surface area (Å²) in [7, 11) is -3.58. The Balaban J connectivity index is 1.78. The van der Waals surface area contributed by atoms with Gasteiger partial charge in [-0.05, 0) is 55.5 Å². The summed E-state index contributed by atoms with van der Waals surface area (Å²) in [6, 6.07) is 5.07. The molecular weight excluding hydrogens is 326 g/mol. The maximum absolute atomic E-state index is 12.7. The van der Waals surface area contributed by atoms with Crippen molar-refractivity contribution >= 4 is 21.6 Å². The third kappa shape index (κ3) is 3.48. The van der Waals surface area contributed by atoms with E-state index in [0.717, 1.165) is 43.6 Å². The first-order valence-electron chi connectivity index (χ1n) is 8.42. The molecule has 1 aromatic carbocycles. The summed E-state index contributed by atoms with van der Waals surface area (Å²) in [6.45, 7) is 6.52. The number of hydrogen-bond donors (Lipinski definition) is 2. The predicted molar refractivity (Wildman–Crippen MR) is 93.6 cm³/mol. The predicted octanol–water partition coefficient (Wildman–Crippen LogP) is 1.26. The van der Waals surface area contributed by atoms with Crippen LogP contribution >= 0.6 is 0 Å². The minimum absolute atomic E-state index is 0.0134. The van der Waals surface area contributed by atoms with Crippen LogP contribution in [0, 0.1) is 5.41 Å². The average Bonchev–Trinajstić information content (AvgIpc) is 2.97. The molecule has 0 radical (unpaired) electrons. The Labute approximate surface area is 143 Å². The van der Waals surface area contributed by atoms with Crippen LogP contribution in [0.2, 0.25) is 0 Å². The standard InChI is InChI=1S/C17H25N3O3S/c1-13(21)20-10-5-14-3-4-15(11-16(14)20)24(22,23)19-12-17(2)6-8-18-9-7-17/h3-4,11,18-19H,5-10,12H2,1-2H3. The second-order valence-corrected chi connectivity index (χ2v) is 8.86. The first kappa shape index (κ1) is 17.4. The molecule has 2 aliphatic rings. The lowest BCUT2D eigenvalue weighted by Gasteiger charge is -2.34. The van der Waals surface area contributed by atoms with Gasteiger partial charge in [-0.1, -0.05) is 13.0 Å². The van der Waals surface area contributed by atoms with Crippen LogP contribution < -0.4 is 14.9 Å². The van der Waals surface area contributed by atoms with Crippen molar-refractivity contribution in [2.24, 2.45) is 5.41 Å². The van der Waals surface area contributed by atoms with Crippen molar-refractivity contribution in [3.8, 4) is 0 Å². The van der Waals surface area contributed by atoms with Crippen molar-refractivity contribution in [1.82, 2.24) is 10.0 Å². The smallest absolute Gasteiger partial charge is 0.240 e. The Morgan fingerprint density at radius 1 is 1.33 bits per heavy atom. The van der Waals surface area contributed by atoms with Crippen LogP contribution in [0.4, 0.5) is 5.69 Å². The minimum atomic E-state index is -3.58.